The van der Waals surface area contributed by atoms with Crippen LogP contribution in [-0.4, -0.2) is 39.4 Å². The molecule has 5 rings (SSSR count). The molecule has 0 amide bonds. The molecule has 0 aliphatic carbocycles. The topological polar surface area (TPSA) is 61.6 Å². The lowest BCUT2D eigenvalue weighted by molar-refractivity contribution is 0.171. The van der Waals surface area contributed by atoms with Crippen molar-refractivity contribution in [1.29, 1.82) is 0 Å². The Morgan fingerprint density at radius 3 is 2.86 bits per heavy atom. The number of aryl methyl sites for hydroxylation is 1. The third kappa shape index (κ3) is 3.78. The summed E-state index contributed by atoms with van der Waals surface area (Å²) in [5.41, 5.74) is 4.78. The van der Waals surface area contributed by atoms with Gasteiger partial charge < -0.3 is 14.2 Å². The van der Waals surface area contributed by atoms with E-state index < -0.39 is 0 Å². The van der Waals surface area contributed by atoms with Crippen molar-refractivity contribution in [3.05, 3.63) is 65.1 Å². The van der Waals surface area contributed by atoms with E-state index >= 15 is 0 Å². The Morgan fingerprint density at radius 2 is 2.00 bits per heavy atom. The SMILES string of the molecule is Cn1nc(COc2ccccn2)c2c1CCN(Cc1ccc3c(c1)OCCO3)C2. The second-order valence-corrected chi connectivity index (χ2v) is 7.39. The zero-order chi connectivity index (χ0) is 19.6. The number of hydrogen-bond acceptors (Lipinski definition) is 6. The van der Waals surface area contributed by atoms with Gasteiger partial charge in [0.2, 0.25) is 5.88 Å². The van der Waals surface area contributed by atoms with Crippen molar-refractivity contribution in [1.82, 2.24) is 19.7 Å². The highest BCUT2D eigenvalue weighted by atomic mass is 16.6. The first kappa shape index (κ1) is 18.0. The van der Waals surface area contributed by atoms with Crippen molar-refractivity contribution >= 4 is 0 Å². The van der Waals surface area contributed by atoms with Gasteiger partial charge in [-0.05, 0) is 23.8 Å². The molecule has 2 aromatic heterocycles. The molecule has 2 aliphatic rings. The molecule has 0 bridgehead atoms. The van der Waals surface area contributed by atoms with E-state index in [9.17, 15) is 0 Å². The highest BCUT2D eigenvalue weighted by molar-refractivity contribution is 5.44. The smallest absolute Gasteiger partial charge is 0.213 e. The van der Waals surface area contributed by atoms with Crippen LogP contribution >= 0.6 is 0 Å². The maximum Gasteiger partial charge on any atom is 0.213 e. The quantitative estimate of drug-likeness (QED) is 0.665. The van der Waals surface area contributed by atoms with E-state index in [-0.39, 0.29) is 0 Å². The maximum atomic E-state index is 5.85. The Hall–Kier alpha value is -3.06. The highest BCUT2D eigenvalue weighted by Crippen LogP contribution is 2.32. The van der Waals surface area contributed by atoms with Crippen molar-refractivity contribution in [3.8, 4) is 17.4 Å². The van der Waals surface area contributed by atoms with Gasteiger partial charge in [-0.25, -0.2) is 4.98 Å². The molecule has 0 atom stereocenters. The van der Waals surface area contributed by atoms with Gasteiger partial charge in [0, 0.05) is 56.6 Å². The molecule has 0 fully saturated rings. The number of fused-ring (bicyclic) bond motifs is 2. The fourth-order valence-electron chi connectivity index (χ4n) is 4.00. The minimum atomic E-state index is 0.429. The lowest BCUT2D eigenvalue weighted by Gasteiger charge is -2.28. The molecule has 2 aliphatic heterocycles. The number of aromatic nitrogens is 3. The Morgan fingerprint density at radius 1 is 1.10 bits per heavy atom. The molecule has 3 aromatic rings. The molecule has 0 unspecified atom stereocenters. The lowest BCUT2D eigenvalue weighted by atomic mass is 10.0. The second kappa shape index (κ2) is 7.75. The van der Waals surface area contributed by atoms with Gasteiger partial charge in [-0.3, -0.25) is 9.58 Å². The van der Waals surface area contributed by atoms with Crippen LogP contribution in [0.4, 0.5) is 0 Å². The van der Waals surface area contributed by atoms with Gasteiger partial charge in [-0.2, -0.15) is 5.10 Å². The standard InChI is InChI=1S/C22H24N4O3/c1-25-19-7-9-26(13-16-5-6-20-21(12-16)28-11-10-27-20)14-17(19)18(24-25)15-29-22-4-2-3-8-23-22/h2-6,8,12H,7,9-11,13-15H2,1H3. The summed E-state index contributed by atoms with van der Waals surface area (Å²) in [5, 5.41) is 4.71. The molecule has 0 radical (unpaired) electrons. The first-order chi connectivity index (χ1) is 14.3. The van der Waals surface area contributed by atoms with Crippen molar-refractivity contribution in [2.24, 2.45) is 7.05 Å². The first-order valence-corrected chi connectivity index (χ1v) is 9.94. The van der Waals surface area contributed by atoms with Gasteiger partial charge in [0.15, 0.2) is 11.5 Å². The number of hydrogen-bond donors (Lipinski definition) is 0. The molecule has 7 nitrogen and oxygen atoms in total. The Bertz CT molecular complexity index is 1000. The van der Waals surface area contributed by atoms with Gasteiger partial charge in [0.25, 0.3) is 0 Å². The molecule has 0 saturated heterocycles. The normalized spacial score (nSPS) is 15.8. The largest absolute Gasteiger partial charge is 0.486 e. The molecular weight excluding hydrogens is 368 g/mol. The van der Waals surface area contributed by atoms with E-state index in [4.69, 9.17) is 19.3 Å². The van der Waals surface area contributed by atoms with Crippen LogP contribution in [0, 0.1) is 0 Å². The minimum absolute atomic E-state index is 0.429. The van der Waals surface area contributed by atoms with Gasteiger partial charge >= 0.3 is 0 Å². The number of pyridine rings is 1. The van der Waals surface area contributed by atoms with Crippen LogP contribution < -0.4 is 14.2 Å². The summed E-state index contributed by atoms with van der Waals surface area (Å²) in [6.45, 7) is 4.38. The number of rotatable bonds is 5. The number of ether oxygens (including phenoxy) is 3. The van der Waals surface area contributed by atoms with Crippen LogP contribution in [-0.2, 0) is 33.2 Å². The van der Waals surface area contributed by atoms with Crippen LogP contribution in [0.15, 0.2) is 42.6 Å². The van der Waals surface area contributed by atoms with Gasteiger partial charge in [-0.1, -0.05) is 12.1 Å². The third-order valence-electron chi connectivity index (χ3n) is 5.41. The lowest BCUT2D eigenvalue weighted by Crippen LogP contribution is -2.31. The maximum absolute atomic E-state index is 5.85. The summed E-state index contributed by atoms with van der Waals surface area (Å²) in [7, 11) is 2.01. The fourth-order valence-corrected chi connectivity index (χ4v) is 4.00. The van der Waals surface area contributed by atoms with Crippen LogP contribution in [0.25, 0.3) is 0 Å². The van der Waals surface area contributed by atoms with Crippen molar-refractivity contribution in [2.45, 2.75) is 26.1 Å². The van der Waals surface area contributed by atoms with Crippen LogP contribution in [0.3, 0.4) is 0 Å². The van der Waals surface area contributed by atoms with Gasteiger partial charge in [-0.15, -0.1) is 0 Å². The highest BCUT2D eigenvalue weighted by Gasteiger charge is 2.24. The predicted octanol–water partition coefficient (Wildman–Crippen LogP) is 2.72. The Kier molecular flexibility index (Phi) is 4.81. The summed E-state index contributed by atoms with van der Waals surface area (Å²) in [5.74, 6) is 2.30. The molecule has 0 saturated carbocycles. The van der Waals surface area contributed by atoms with E-state index in [1.807, 2.05) is 36.0 Å². The van der Waals surface area contributed by atoms with Gasteiger partial charge in [0.1, 0.15) is 25.5 Å². The summed E-state index contributed by atoms with van der Waals surface area (Å²) >= 11 is 0. The summed E-state index contributed by atoms with van der Waals surface area (Å²) in [4.78, 5) is 6.67. The van der Waals surface area contributed by atoms with Crippen LogP contribution in [0.2, 0.25) is 0 Å². The van der Waals surface area contributed by atoms with Crippen molar-refractivity contribution < 1.29 is 14.2 Å². The Labute approximate surface area is 169 Å². The minimum Gasteiger partial charge on any atom is -0.486 e. The third-order valence-corrected chi connectivity index (χ3v) is 5.41. The van der Waals surface area contributed by atoms with E-state index in [2.05, 4.69) is 22.0 Å². The zero-order valence-corrected chi connectivity index (χ0v) is 16.5. The van der Waals surface area contributed by atoms with E-state index in [1.165, 1.54) is 16.8 Å². The van der Waals surface area contributed by atoms with Crippen LogP contribution in [0.5, 0.6) is 17.4 Å². The fraction of sp³-hybridized carbons (Fsp3) is 0.364. The van der Waals surface area contributed by atoms with Crippen molar-refractivity contribution in [2.75, 3.05) is 19.8 Å². The van der Waals surface area contributed by atoms with Crippen LogP contribution in [0.1, 0.15) is 22.5 Å². The second-order valence-electron chi connectivity index (χ2n) is 7.39. The van der Waals surface area contributed by atoms with E-state index in [0.29, 0.717) is 25.7 Å². The van der Waals surface area contributed by atoms with Gasteiger partial charge in [0.05, 0.1) is 0 Å². The summed E-state index contributed by atoms with van der Waals surface area (Å²) < 4.78 is 19.2. The molecule has 0 N–H and O–H groups in total. The first-order valence-electron chi connectivity index (χ1n) is 9.94. The average molecular weight is 392 g/mol. The van der Waals surface area contributed by atoms with Crippen molar-refractivity contribution in [3.63, 3.8) is 0 Å². The molecule has 0 spiro atoms. The monoisotopic (exact) mass is 392 g/mol. The average Bonchev–Trinajstić information content (AvgIpc) is 3.08. The Balaban J connectivity index is 1.30. The van der Waals surface area contributed by atoms with E-state index in [1.54, 1.807) is 6.20 Å². The number of benzene rings is 1. The molecule has 29 heavy (non-hydrogen) atoms. The zero-order valence-electron chi connectivity index (χ0n) is 16.5. The predicted molar refractivity (Wildman–Crippen MR) is 107 cm³/mol. The number of nitrogens with zero attached hydrogens (tertiary/aromatic N) is 4. The van der Waals surface area contributed by atoms with E-state index in [0.717, 1.165) is 43.2 Å². The molecule has 150 valence electrons. The molecule has 1 aromatic carbocycles. The summed E-state index contributed by atoms with van der Waals surface area (Å²) in [6, 6.07) is 11.9. The molecule has 4 heterocycles. The molecule has 7 heteroatoms. The summed E-state index contributed by atoms with van der Waals surface area (Å²) in [6.07, 6.45) is 2.71. The molecular formula is C22H24N4O3.